The van der Waals surface area contributed by atoms with Crippen molar-refractivity contribution in [3.8, 4) is 0 Å². The molecule has 0 aliphatic rings. The highest BCUT2D eigenvalue weighted by Gasteiger charge is 2.19. The summed E-state index contributed by atoms with van der Waals surface area (Å²) < 4.78 is 0. The Morgan fingerprint density at radius 2 is 1.52 bits per heavy atom. The lowest BCUT2D eigenvalue weighted by atomic mass is 9.85. The van der Waals surface area contributed by atoms with Crippen molar-refractivity contribution >= 4 is 0 Å². The third-order valence-electron chi connectivity index (χ3n) is 5.15. The van der Waals surface area contributed by atoms with Gasteiger partial charge in [0.1, 0.15) is 0 Å². The van der Waals surface area contributed by atoms with Crippen molar-refractivity contribution in [2.75, 3.05) is 0 Å². The smallest absolute Gasteiger partial charge is 0.0622 e. The first-order valence-electron chi connectivity index (χ1n) is 9.41. The van der Waals surface area contributed by atoms with Crippen molar-refractivity contribution in [1.82, 2.24) is 0 Å². The number of rotatable bonds is 9. The number of allylic oxidation sites excluding steroid dienone is 4. The number of hydrogen-bond acceptors (Lipinski definition) is 1. The number of hydrogen-bond donors (Lipinski definition) is 1. The molecule has 0 aromatic carbocycles. The lowest BCUT2D eigenvalue weighted by Gasteiger charge is -2.24. The fourth-order valence-electron chi connectivity index (χ4n) is 2.38. The van der Waals surface area contributed by atoms with Gasteiger partial charge < -0.3 is 5.11 Å². The largest absolute Gasteiger partial charge is 0.390 e. The van der Waals surface area contributed by atoms with E-state index in [1.807, 2.05) is 6.92 Å². The Morgan fingerprint density at radius 1 is 0.957 bits per heavy atom. The van der Waals surface area contributed by atoms with Crippen LogP contribution in [-0.2, 0) is 0 Å². The van der Waals surface area contributed by atoms with E-state index in [0.29, 0.717) is 11.8 Å². The molecule has 0 aliphatic heterocycles. The molecule has 136 valence electrons. The molecular formula is C22H42O. The van der Waals surface area contributed by atoms with E-state index >= 15 is 0 Å². The van der Waals surface area contributed by atoms with Gasteiger partial charge in [0.25, 0.3) is 0 Å². The highest BCUT2D eigenvalue weighted by Crippen LogP contribution is 2.27. The zero-order valence-corrected chi connectivity index (χ0v) is 17.3. The van der Waals surface area contributed by atoms with Gasteiger partial charge in [-0.15, -0.1) is 0 Å². The van der Waals surface area contributed by atoms with Crippen LogP contribution >= 0.6 is 0 Å². The van der Waals surface area contributed by atoms with Crippen LogP contribution in [0.15, 0.2) is 23.3 Å². The van der Waals surface area contributed by atoms with Gasteiger partial charge in [-0.3, -0.25) is 0 Å². The van der Waals surface area contributed by atoms with Crippen molar-refractivity contribution in [3.05, 3.63) is 23.3 Å². The summed E-state index contributed by atoms with van der Waals surface area (Å²) in [5.41, 5.74) is 2.66. The van der Waals surface area contributed by atoms with Crippen molar-refractivity contribution in [2.45, 2.75) is 100 Å². The summed E-state index contributed by atoms with van der Waals surface area (Å²) in [6.45, 7) is 20.0. The summed E-state index contributed by atoms with van der Waals surface area (Å²) >= 11 is 0. The Balaban J connectivity index is 4.39. The molecule has 1 nitrogen and oxygen atoms in total. The molecule has 0 aliphatic carbocycles. The molecule has 0 saturated carbocycles. The average Bonchev–Trinajstić information content (AvgIpc) is 2.40. The van der Waals surface area contributed by atoms with Gasteiger partial charge in [-0.25, -0.2) is 0 Å². The van der Waals surface area contributed by atoms with Crippen LogP contribution in [0.2, 0.25) is 0 Å². The van der Waals surface area contributed by atoms with E-state index in [1.54, 1.807) is 0 Å². The Labute approximate surface area is 146 Å². The Morgan fingerprint density at radius 3 is 2.00 bits per heavy atom. The number of aliphatic hydroxyl groups is 1. The maximum absolute atomic E-state index is 10.4. The van der Waals surface area contributed by atoms with E-state index in [0.717, 1.165) is 32.1 Å². The minimum absolute atomic E-state index is 0.270. The zero-order chi connectivity index (χ0) is 18.3. The van der Waals surface area contributed by atoms with Gasteiger partial charge >= 0.3 is 0 Å². The second kappa shape index (κ2) is 9.67. The second-order valence-electron chi connectivity index (χ2n) is 9.19. The van der Waals surface area contributed by atoms with Crippen LogP contribution in [0, 0.1) is 17.3 Å². The predicted octanol–water partition coefficient (Wildman–Crippen LogP) is 6.92. The lowest BCUT2D eigenvalue weighted by molar-refractivity contribution is 0.0376. The lowest BCUT2D eigenvalue weighted by Crippen LogP contribution is -2.24. The molecule has 0 saturated heterocycles. The molecule has 0 bridgehead atoms. The highest BCUT2D eigenvalue weighted by molar-refractivity contribution is 5.11. The van der Waals surface area contributed by atoms with E-state index in [4.69, 9.17) is 0 Å². The molecule has 2 unspecified atom stereocenters. The predicted molar refractivity (Wildman–Crippen MR) is 105 cm³/mol. The third kappa shape index (κ3) is 10.8. The van der Waals surface area contributed by atoms with Crippen LogP contribution in [0.3, 0.4) is 0 Å². The summed E-state index contributed by atoms with van der Waals surface area (Å²) in [7, 11) is 0. The van der Waals surface area contributed by atoms with Crippen molar-refractivity contribution in [1.29, 1.82) is 0 Å². The molecule has 1 N–H and O–H groups in total. The minimum atomic E-state index is -0.521. The first-order chi connectivity index (χ1) is 10.3. The molecule has 0 heterocycles. The van der Waals surface area contributed by atoms with Gasteiger partial charge in [-0.05, 0) is 70.1 Å². The summed E-state index contributed by atoms with van der Waals surface area (Å²) in [5, 5.41) is 10.4. The van der Waals surface area contributed by atoms with Gasteiger partial charge in [-0.2, -0.15) is 0 Å². The molecule has 0 radical (unpaired) electrons. The molecule has 0 rings (SSSR count). The summed E-state index contributed by atoms with van der Waals surface area (Å²) in [4.78, 5) is 0. The maximum Gasteiger partial charge on any atom is 0.0622 e. The monoisotopic (exact) mass is 322 g/mol. The van der Waals surface area contributed by atoms with Crippen LogP contribution in [-0.4, -0.2) is 10.7 Å². The first-order valence-corrected chi connectivity index (χ1v) is 9.41. The van der Waals surface area contributed by atoms with Crippen LogP contribution in [0.4, 0.5) is 0 Å². The Kier molecular flexibility index (Phi) is 9.43. The average molecular weight is 323 g/mol. The van der Waals surface area contributed by atoms with E-state index < -0.39 is 5.60 Å². The van der Waals surface area contributed by atoms with Crippen LogP contribution in [0.5, 0.6) is 0 Å². The first kappa shape index (κ1) is 22.4. The summed E-state index contributed by atoms with van der Waals surface area (Å²) in [6, 6.07) is 0. The molecule has 0 aromatic heterocycles. The molecule has 0 aromatic rings. The highest BCUT2D eigenvalue weighted by atomic mass is 16.3. The third-order valence-corrected chi connectivity index (χ3v) is 5.15. The quantitative estimate of drug-likeness (QED) is 0.457. The molecule has 1 heteroatoms. The summed E-state index contributed by atoms with van der Waals surface area (Å²) in [5.74, 6) is 1.24. The summed E-state index contributed by atoms with van der Waals surface area (Å²) in [6.07, 6.45) is 9.66. The SMILES string of the molecule is C/C(=C\CCC(C)(O)CCC(C)C)C(C)C/C=C(\C)C(C)(C)C. The molecule has 0 spiro atoms. The van der Waals surface area contributed by atoms with Gasteiger partial charge in [0, 0.05) is 0 Å². The van der Waals surface area contributed by atoms with E-state index in [1.165, 1.54) is 11.1 Å². The van der Waals surface area contributed by atoms with Crippen LogP contribution < -0.4 is 0 Å². The Hall–Kier alpha value is -0.560. The van der Waals surface area contributed by atoms with E-state index in [9.17, 15) is 5.11 Å². The van der Waals surface area contributed by atoms with Crippen LogP contribution in [0.25, 0.3) is 0 Å². The van der Waals surface area contributed by atoms with Gasteiger partial charge in [-0.1, -0.05) is 64.8 Å². The molecule has 2 atom stereocenters. The molecule has 0 amide bonds. The van der Waals surface area contributed by atoms with Gasteiger partial charge in [0.2, 0.25) is 0 Å². The van der Waals surface area contributed by atoms with Crippen molar-refractivity contribution < 1.29 is 5.11 Å². The minimum Gasteiger partial charge on any atom is -0.390 e. The maximum atomic E-state index is 10.4. The van der Waals surface area contributed by atoms with E-state index in [-0.39, 0.29) is 5.41 Å². The molecule has 0 fully saturated rings. The van der Waals surface area contributed by atoms with Crippen molar-refractivity contribution in [3.63, 3.8) is 0 Å². The van der Waals surface area contributed by atoms with Gasteiger partial charge in [0.15, 0.2) is 0 Å². The van der Waals surface area contributed by atoms with Crippen molar-refractivity contribution in [2.24, 2.45) is 17.3 Å². The fraction of sp³-hybridized carbons (Fsp3) is 0.818. The topological polar surface area (TPSA) is 20.2 Å². The fourth-order valence-corrected chi connectivity index (χ4v) is 2.38. The van der Waals surface area contributed by atoms with Crippen LogP contribution in [0.1, 0.15) is 94.4 Å². The standard InChI is InChI=1S/C22H42O/c1-17(2)14-16-22(9,23)15-10-11-18(3)19(4)12-13-20(5)21(6,7)8/h11,13,17,19,23H,10,12,14-16H2,1-9H3/b18-11+,20-13+. The Bertz CT molecular complexity index is 391. The van der Waals surface area contributed by atoms with Gasteiger partial charge in [0.05, 0.1) is 5.60 Å². The molecular weight excluding hydrogens is 280 g/mol. The normalized spacial score (nSPS) is 18.2. The molecule has 23 heavy (non-hydrogen) atoms. The van der Waals surface area contributed by atoms with E-state index in [2.05, 4.69) is 67.5 Å². The second-order valence-corrected chi connectivity index (χ2v) is 9.19. The zero-order valence-electron chi connectivity index (χ0n) is 17.3.